The molecule has 24 heavy (non-hydrogen) atoms. The van der Waals surface area contributed by atoms with Gasteiger partial charge in [-0.1, -0.05) is 57.2 Å². The van der Waals surface area contributed by atoms with Gasteiger partial charge in [-0.15, -0.1) is 45.3 Å². The molecule has 1 N–H and O–H groups in total. The van der Waals surface area contributed by atoms with E-state index < -0.39 is 0 Å². The first kappa shape index (κ1) is 34.5. The Kier molecular flexibility index (Phi) is 20.9. The molecule has 3 aromatic rings. The summed E-state index contributed by atoms with van der Waals surface area (Å²) in [6.45, 7) is 5.56. The fraction of sp³-hybridized carbons (Fsp3) is 0.190. The minimum atomic E-state index is -0.250. The summed E-state index contributed by atoms with van der Waals surface area (Å²) in [7, 11) is 0. The van der Waals surface area contributed by atoms with Crippen molar-refractivity contribution in [3.05, 3.63) is 90.0 Å². The topological polar surface area (TPSA) is 23.8 Å². The van der Waals surface area contributed by atoms with Gasteiger partial charge in [0, 0.05) is 32.7 Å². The number of benzene rings is 2. The van der Waals surface area contributed by atoms with Crippen molar-refractivity contribution in [3.63, 3.8) is 0 Å². The van der Waals surface area contributed by atoms with E-state index in [1.54, 1.807) is 0 Å². The molecule has 0 saturated heterocycles. The molecule has 0 spiro atoms. The summed E-state index contributed by atoms with van der Waals surface area (Å²) < 4.78 is 0. The van der Waals surface area contributed by atoms with E-state index in [4.69, 9.17) is 5.73 Å². The Bertz CT molecular complexity index is 597. The van der Waals surface area contributed by atoms with Crippen molar-refractivity contribution in [1.29, 1.82) is 0 Å². The maximum absolute atomic E-state index is 6.94. The third-order valence-electron chi connectivity index (χ3n) is 2.52. The predicted octanol–water partition coefficient (Wildman–Crippen LogP) is 6.97. The zero-order valence-electron chi connectivity index (χ0n) is 16.2. The third-order valence-corrected chi connectivity index (χ3v) is 2.52. The SMILES string of the molecule is CC(C)(C)[NH-].[CH3-].[CH3-].[CH3-].[CH3-].[Si].[Ti].c1ccc2c(c1)[cH-]c1ccccc12. The summed E-state index contributed by atoms with van der Waals surface area (Å²) >= 11 is 0. The Morgan fingerprint density at radius 1 is 0.708 bits per heavy atom. The maximum atomic E-state index is 6.94. The van der Waals surface area contributed by atoms with Gasteiger partial charge in [0.25, 0.3) is 0 Å². The van der Waals surface area contributed by atoms with Gasteiger partial charge in [-0.25, -0.2) is 0 Å². The molecular weight excluding hydrogens is 342 g/mol. The molecule has 0 fully saturated rings. The molecule has 134 valence electrons. The summed E-state index contributed by atoms with van der Waals surface area (Å²) in [5, 5.41) is 5.39. The number of hydrogen-bond acceptors (Lipinski definition) is 0. The summed E-state index contributed by atoms with van der Waals surface area (Å²) in [4.78, 5) is 0. The molecule has 3 aromatic carbocycles. The fourth-order valence-electron chi connectivity index (χ4n) is 1.90. The van der Waals surface area contributed by atoms with Gasteiger partial charge in [0.2, 0.25) is 0 Å². The summed E-state index contributed by atoms with van der Waals surface area (Å²) in [5.41, 5.74) is 6.69. The Hall–Kier alpha value is -0.799. The minimum Gasteiger partial charge on any atom is -0.673 e. The van der Waals surface area contributed by atoms with Gasteiger partial charge in [-0.2, -0.15) is 0 Å². The van der Waals surface area contributed by atoms with Crippen molar-refractivity contribution in [3.8, 4) is 0 Å². The van der Waals surface area contributed by atoms with Crippen LogP contribution in [0.1, 0.15) is 20.8 Å². The van der Waals surface area contributed by atoms with Crippen LogP contribution in [-0.2, 0) is 21.7 Å². The van der Waals surface area contributed by atoms with Crippen LogP contribution in [0.3, 0.4) is 0 Å². The van der Waals surface area contributed by atoms with Crippen LogP contribution in [0.5, 0.6) is 0 Å². The van der Waals surface area contributed by atoms with Crippen LogP contribution in [0.25, 0.3) is 27.3 Å². The molecule has 0 aliphatic heterocycles. The second-order valence-electron chi connectivity index (χ2n) is 5.57. The molecule has 3 heteroatoms. The Balaban J connectivity index is -0.0000000997. The quantitative estimate of drug-likeness (QED) is 0.300. The van der Waals surface area contributed by atoms with Gasteiger partial charge in [-0.05, 0) is 0 Å². The molecule has 0 amide bonds. The molecule has 0 saturated carbocycles. The summed E-state index contributed by atoms with van der Waals surface area (Å²) in [6.07, 6.45) is 0. The second-order valence-corrected chi connectivity index (χ2v) is 5.57. The van der Waals surface area contributed by atoms with E-state index in [-0.39, 0.29) is 67.9 Å². The van der Waals surface area contributed by atoms with Crippen LogP contribution in [-0.4, -0.2) is 16.5 Å². The number of nitrogens with one attached hydrogen (secondary N) is 1. The molecule has 0 unspecified atom stereocenters. The van der Waals surface area contributed by atoms with Gasteiger partial charge < -0.3 is 35.4 Å². The molecular formula is C21H31NSiTi-6. The average Bonchev–Trinajstić information content (AvgIpc) is 2.65. The number of fused-ring (bicyclic) bond motifs is 3. The van der Waals surface area contributed by atoms with Crippen LogP contribution < -0.4 is 0 Å². The van der Waals surface area contributed by atoms with Crippen molar-refractivity contribution in [1.82, 2.24) is 0 Å². The van der Waals surface area contributed by atoms with Crippen LogP contribution in [0, 0.1) is 29.7 Å². The van der Waals surface area contributed by atoms with Crippen molar-refractivity contribution < 1.29 is 21.7 Å². The Morgan fingerprint density at radius 2 is 0.958 bits per heavy atom. The van der Waals surface area contributed by atoms with Gasteiger partial charge in [-0.3, -0.25) is 0 Å². The minimum absolute atomic E-state index is 0. The largest absolute Gasteiger partial charge is 0.673 e. The maximum Gasteiger partial charge on any atom is 0 e. The molecule has 0 aliphatic carbocycles. The Morgan fingerprint density at radius 3 is 1.25 bits per heavy atom. The second kappa shape index (κ2) is 14.5. The van der Waals surface area contributed by atoms with Crippen LogP contribution in [0.2, 0.25) is 0 Å². The first-order valence-corrected chi connectivity index (χ1v) is 6.23. The van der Waals surface area contributed by atoms with Gasteiger partial charge >= 0.3 is 0 Å². The molecule has 0 aromatic heterocycles. The Labute approximate surface area is 170 Å². The molecule has 1 nitrogen and oxygen atoms in total. The third kappa shape index (κ3) is 10.1. The molecule has 0 aliphatic rings. The molecule has 0 atom stereocenters. The van der Waals surface area contributed by atoms with Crippen LogP contribution >= 0.6 is 0 Å². The summed E-state index contributed by atoms with van der Waals surface area (Å²) in [5.74, 6) is 0. The molecule has 0 heterocycles. The van der Waals surface area contributed by atoms with E-state index in [0.29, 0.717) is 0 Å². The normalized spacial score (nSPS) is 8.50. The van der Waals surface area contributed by atoms with Gasteiger partial charge in [0.15, 0.2) is 0 Å². The van der Waals surface area contributed by atoms with E-state index >= 15 is 0 Å². The molecule has 4 radical (unpaired) electrons. The first-order valence-electron chi connectivity index (χ1n) is 6.23. The molecule has 3 rings (SSSR count). The standard InChI is InChI=1S/C13H9.C4H10N.4CH3.Si.Ti/c1-3-7-12-10(5-1)9-11-6-2-4-8-13(11)12;1-4(2,3)5;;;;;;/h1-9H;5H,1-3H3;4*1H3;;/q6*-1;;. The van der Waals surface area contributed by atoms with Crippen molar-refractivity contribution in [2.45, 2.75) is 26.3 Å². The fourth-order valence-corrected chi connectivity index (χ4v) is 1.90. The van der Waals surface area contributed by atoms with E-state index in [9.17, 15) is 0 Å². The van der Waals surface area contributed by atoms with E-state index in [1.807, 2.05) is 20.8 Å². The zero-order valence-corrected chi connectivity index (χ0v) is 18.8. The van der Waals surface area contributed by atoms with Crippen molar-refractivity contribution in [2.75, 3.05) is 0 Å². The van der Waals surface area contributed by atoms with Gasteiger partial charge in [0.05, 0.1) is 0 Å². The number of hydrogen-bond donors (Lipinski definition) is 0. The van der Waals surface area contributed by atoms with Crippen molar-refractivity contribution >= 4 is 32.5 Å². The molecule has 0 bridgehead atoms. The van der Waals surface area contributed by atoms with E-state index in [1.165, 1.54) is 21.5 Å². The van der Waals surface area contributed by atoms with Crippen LogP contribution in [0.4, 0.5) is 0 Å². The first-order chi connectivity index (χ1) is 8.45. The van der Waals surface area contributed by atoms with Crippen LogP contribution in [0.15, 0.2) is 54.6 Å². The van der Waals surface area contributed by atoms with Crippen molar-refractivity contribution in [2.24, 2.45) is 0 Å². The summed E-state index contributed by atoms with van der Waals surface area (Å²) in [6, 6.07) is 19.3. The average molecular weight is 373 g/mol. The zero-order chi connectivity index (χ0) is 13.2. The smallest absolute Gasteiger partial charge is 0 e. The van der Waals surface area contributed by atoms with Gasteiger partial charge in [0.1, 0.15) is 0 Å². The monoisotopic (exact) mass is 373 g/mol. The number of rotatable bonds is 0. The van der Waals surface area contributed by atoms with E-state index in [0.717, 1.165) is 0 Å². The van der Waals surface area contributed by atoms with E-state index in [2.05, 4.69) is 54.6 Å². The predicted molar refractivity (Wildman–Crippen MR) is 113 cm³/mol.